The highest BCUT2D eigenvalue weighted by Gasteiger charge is 2.24. The number of nitrogens with one attached hydrogen (secondary N) is 2. The first-order chi connectivity index (χ1) is 9.69. The van der Waals surface area contributed by atoms with Crippen LogP contribution in [0, 0.1) is 5.92 Å². The molecule has 108 valence electrons. The van der Waals surface area contributed by atoms with Crippen molar-refractivity contribution in [3.63, 3.8) is 0 Å². The highest BCUT2D eigenvalue weighted by Crippen LogP contribution is 2.16. The molecule has 0 aromatic heterocycles. The molecule has 4 nitrogen and oxygen atoms in total. The summed E-state index contributed by atoms with van der Waals surface area (Å²) in [5.41, 5.74) is 2.13. The summed E-state index contributed by atoms with van der Waals surface area (Å²) in [5, 5.41) is 5.65. The van der Waals surface area contributed by atoms with Crippen LogP contribution in [0.5, 0.6) is 0 Å². The average Bonchev–Trinajstić information content (AvgIpc) is 2.47. The Morgan fingerprint density at radius 1 is 1.35 bits per heavy atom. The van der Waals surface area contributed by atoms with Gasteiger partial charge >= 0.3 is 0 Å². The van der Waals surface area contributed by atoms with E-state index in [1.807, 2.05) is 12.1 Å². The van der Waals surface area contributed by atoms with Crippen molar-refractivity contribution in [1.82, 2.24) is 5.32 Å². The maximum Gasteiger partial charge on any atom is 0.229 e. The van der Waals surface area contributed by atoms with Gasteiger partial charge in [0, 0.05) is 18.7 Å². The minimum atomic E-state index is -0.118. The summed E-state index contributed by atoms with van der Waals surface area (Å²) in [6.07, 6.45) is 4.53. The fraction of sp³-hybridized carbons (Fsp3) is 0.500. The van der Waals surface area contributed by atoms with E-state index in [2.05, 4.69) is 29.7 Å². The molecule has 1 aromatic rings. The molecule has 1 atom stereocenters. The molecule has 0 saturated carbocycles. The van der Waals surface area contributed by atoms with Gasteiger partial charge in [0.15, 0.2) is 0 Å². The fourth-order valence-electron chi connectivity index (χ4n) is 2.34. The van der Waals surface area contributed by atoms with Gasteiger partial charge < -0.3 is 10.6 Å². The van der Waals surface area contributed by atoms with Crippen LogP contribution in [0.1, 0.15) is 38.2 Å². The lowest BCUT2D eigenvalue weighted by Gasteiger charge is -2.21. The predicted molar refractivity (Wildman–Crippen MR) is 79.4 cm³/mol. The lowest BCUT2D eigenvalue weighted by Crippen LogP contribution is -2.40. The number of rotatable bonds is 5. The maximum atomic E-state index is 12.1. The molecule has 0 spiro atoms. The first-order valence-electron chi connectivity index (χ1n) is 7.35. The van der Waals surface area contributed by atoms with Crippen LogP contribution in [0.3, 0.4) is 0 Å². The molecule has 2 N–H and O–H groups in total. The number of carbonyl (C=O) groups excluding carboxylic acids is 2. The van der Waals surface area contributed by atoms with Crippen molar-refractivity contribution in [1.29, 1.82) is 0 Å². The number of piperidine rings is 1. The highest BCUT2D eigenvalue weighted by molar-refractivity contribution is 5.94. The number of amides is 2. The lowest BCUT2D eigenvalue weighted by atomic mass is 9.98. The van der Waals surface area contributed by atoms with Crippen LogP contribution >= 0.6 is 0 Å². The lowest BCUT2D eigenvalue weighted by molar-refractivity contribution is -0.126. The number of carbonyl (C=O) groups is 2. The third-order valence-corrected chi connectivity index (χ3v) is 3.68. The van der Waals surface area contributed by atoms with Gasteiger partial charge in [-0.3, -0.25) is 9.59 Å². The van der Waals surface area contributed by atoms with Gasteiger partial charge in [0.05, 0.1) is 5.92 Å². The number of anilines is 1. The first-order valence-corrected chi connectivity index (χ1v) is 7.35. The number of hydrogen-bond donors (Lipinski definition) is 2. The molecule has 20 heavy (non-hydrogen) atoms. The summed E-state index contributed by atoms with van der Waals surface area (Å²) in [6.45, 7) is 2.62. The van der Waals surface area contributed by atoms with Crippen molar-refractivity contribution < 1.29 is 9.59 Å². The van der Waals surface area contributed by atoms with Crippen molar-refractivity contribution >= 4 is 17.5 Å². The van der Waals surface area contributed by atoms with Crippen molar-refractivity contribution in [3.8, 4) is 0 Å². The van der Waals surface area contributed by atoms with Crippen molar-refractivity contribution in [3.05, 3.63) is 29.8 Å². The van der Waals surface area contributed by atoms with Crippen LogP contribution in [0.4, 0.5) is 5.69 Å². The van der Waals surface area contributed by atoms with Crippen molar-refractivity contribution in [2.24, 2.45) is 5.92 Å². The van der Waals surface area contributed by atoms with Crippen molar-refractivity contribution in [2.75, 3.05) is 11.9 Å². The quantitative estimate of drug-likeness (QED) is 0.866. The number of aryl methyl sites for hydroxylation is 1. The van der Waals surface area contributed by atoms with E-state index in [1.54, 1.807) is 0 Å². The molecule has 1 unspecified atom stereocenters. The van der Waals surface area contributed by atoms with Crippen molar-refractivity contribution in [2.45, 2.75) is 39.0 Å². The second kappa shape index (κ2) is 7.08. The van der Waals surface area contributed by atoms with Gasteiger partial charge in [0.25, 0.3) is 0 Å². The summed E-state index contributed by atoms with van der Waals surface area (Å²) in [6, 6.07) is 8.02. The second-order valence-corrected chi connectivity index (χ2v) is 5.33. The smallest absolute Gasteiger partial charge is 0.229 e. The summed E-state index contributed by atoms with van der Waals surface area (Å²) < 4.78 is 0. The standard InChI is InChI=1S/C16H22N2O2/c1-2-3-4-12-5-8-14(9-6-12)18-16(20)13-7-10-15(19)17-11-13/h5-6,8-9,13H,2-4,7,10-11H2,1H3,(H,17,19)(H,18,20). The van der Waals surface area contributed by atoms with Gasteiger partial charge in [0.2, 0.25) is 11.8 Å². The molecule has 0 radical (unpaired) electrons. The molecule has 1 fully saturated rings. The summed E-state index contributed by atoms with van der Waals surface area (Å²) in [7, 11) is 0. The molecule has 0 bridgehead atoms. The third-order valence-electron chi connectivity index (χ3n) is 3.68. The fourth-order valence-corrected chi connectivity index (χ4v) is 2.34. The van der Waals surface area contributed by atoms with E-state index >= 15 is 0 Å². The Kier molecular flexibility index (Phi) is 5.16. The van der Waals surface area contributed by atoms with Gasteiger partial charge in [-0.05, 0) is 37.0 Å². The van der Waals surface area contributed by atoms with Crippen LogP contribution < -0.4 is 10.6 Å². The SMILES string of the molecule is CCCCc1ccc(NC(=O)C2CCC(=O)NC2)cc1. The van der Waals surface area contributed by atoms with E-state index in [9.17, 15) is 9.59 Å². The molecule has 1 aromatic carbocycles. The zero-order valence-corrected chi connectivity index (χ0v) is 11.9. The molecule has 0 aliphatic carbocycles. The molecule has 2 rings (SSSR count). The van der Waals surface area contributed by atoms with Gasteiger partial charge in [-0.15, -0.1) is 0 Å². The maximum absolute atomic E-state index is 12.1. The van der Waals surface area contributed by atoms with Gasteiger partial charge in [0.1, 0.15) is 0 Å². The van der Waals surface area contributed by atoms with E-state index in [0.29, 0.717) is 19.4 Å². The van der Waals surface area contributed by atoms with E-state index in [4.69, 9.17) is 0 Å². The van der Waals surface area contributed by atoms with Gasteiger partial charge in [-0.2, -0.15) is 0 Å². The third kappa shape index (κ3) is 4.08. The van der Waals surface area contributed by atoms with E-state index in [1.165, 1.54) is 18.4 Å². The van der Waals surface area contributed by atoms with E-state index in [-0.39, 0.29) is 17.7 Å². The Hall–Kier alpha value is -1.84. The number of benzene rings is 1. The first kappa shape index (κ1) is 14.6. The van der Waals surface area contributed by atoms with Gasteiger partial charge in [-0.25, -0.2) is 0 Å². The molecule has 1 aliphatic rings. The monoisotopic (exact) mass is 274 g/mol. The summed E-state index contributed by atoms with van der Waals surface area (Å²) >= 11 is 0. The minimum Gasteiger partial charge on any atom is -0.355 e. The highest BCUT2D eigenvalue weighted by atomic mass is 16.2. The molecular formula is C16H22N2O2. The van der Waals surface area contributed by atoms with Gasteiger partial charge in [-0.1, -0.05) is 25.5 Å². The Bertz CT molecular complexity index is 458. The van der Waals surface area contributed by atoms with E-state index in [0.717, 1.165) is 12.1 Å². The molecule has 1 saturated heterocycles. The summed E-state index contributed by atoms with van der Waals surface area (Å²) in [5.74, 6) is -0.0897. The second-order valence-electron chi connectivity index (χ2n) is 5.33. The number of unbranched alkanes of at least 4 members (excludes halogenated alkanes) is 1. The van der Waals surface area contributed by atoms with Crippen LogP contribution in [0.2, 0.25) is 0 Å². The normalized spacial score (nSPS) is 18.4. The zero-order valence-electron chi connectivity index (χ0n) is 11.9. The topological polar surface area (TPSA) is 58.2 Å². The molecule has 1 aliphatic heterocycles. The Morgan fingerprint density at radius 2 is 2.10 bits per heavy atom. The summed E-state index contributed by atoms with van der Waals surface area (Å²) in [4.78, 5) is 23.1. The number of hydrogen-bond acceptors (Lipinski definition) is 2. The minimum absolute atomic E-state index is 0.00805. The van der Waals surface area contributed by atoms with Crippen LogP contribution in [0.15, 0.2) is 24.3 Å². The van der Waals surface area contributed by atoms with Crippen LogP contribution in [0.25, 0.3) is 0 Å². The van der Waals surface area contributed by atoms with Crippen LogP contribution in [-0.2, 0) is 16.0 Å². The Morgan fingerprint density at radius 3 is 2.70 bits per heavy atom. The Labute approximate surface area is 119 Å². The Balaban J connectivity index is 1.86. The average molecular weight is 274 g/mol. The molecule has 4 heteroatoms. The molecular weight excluding hydrogens is 252 g/mol. The van der Waals surface area contributed by atoms with E-state index < -0.39 is 0 Å². The molecule has 1 heterocycles. The molecule has 2 amide bonds. The predicted octanol–water partition coefficient (Wildman–Crippen LogP) is 2.49. The van der Waals surface area contributed by atoms with Crippen LogP contribution in [-0.4, -0.2) is 18.4 Å². The zero-order chi connectivity index (χ0) is 14.4. The largest absolute Gasteiger partial charge is 0.355 e.